The Morgan fingerprint density at radius 2 is 1.78 bits per heavy atom. The van der Waals surface area contributed by atoms with E-state index in [0.29, 0.717) is 29.8 Å². The molecule has 0 unspecified atom stereocenters. The molecule has 7 nitrogen and oxygen atoms in total. The number of hydrogen-bond donors (Lipinski definition) is 1. The van der Waals surface area contributed by atoms with Crippen molar-refractivity contribution in [1.82, 2.24) is 20.1 Å². The van der Waals surface area contributed by atoms with Gasteiger partial charge in [0.05, 0.1) is 18.6 Å². The Labute approximate surface area is 191 Å². The van der Waals surface area contributed by atoms with Crippen LogP contribution in [0.25, 0.3) is 11.6 Å². The number of likely N-dealkylation sites (N-methyl/N-ethyl adjacent to an activating group) is 1. The number of hydrogen-bond acceptors (Lipinski definition) is 6. The van der Waals surface area contributed by atoms with Gasteiger partial charge >= 0.3 is 0 Å². The smallest absolute Gasteiger partial charge is 0.230 e. The zero-order chi connectivity index (χ0) is 22.2. The van der Waals surface area contributed by atoms with Crippen LogP contribution in [0, 0.1) is 0 Å². The molecule has 8 heteroatoms. The Kier molecular flexibility index (Phi) is 7.24. The fourth-order valence-electron chi connectivity index (χ4n) is 3.25. The van der Waals surface area contributed by atoms with Crippen LogP contribution in [0.2, 0.25) is 0 Å². The molecule has 0 aliphatic heterocycles. The van der Waals surface area contributed by atoms with Crippen molar-refractivity contribution in [2.24, 2.45) is 0 Å². The molecule has 0 fully saturated rings. The van der Waals surface area contributed by atoms with Gasteiger partial charge in [-0.25, -0.2) is 0 Å². The summed E-state index contributed by atoms with van der Waals surface area (Å²) in [5, 5.41) is 12.3. The summed E-state index contributed by atoms with van der Waals surface area (Å²) in [6, 6.07) is 23.9. The topological polar surface area (TPSA) is 76.2 Å². The SMILES string of the molecule is CN(CCNC(=O)CSc1nnc(-c2ccco2)n1Cc1ccccc1)c1ccccc1. The van der Waals surface area contributed by atoms with Crippen molar-refractivity contribution in [2.45, 2.75) is 11.7 Å². The molecule has 0 atom stereocenters. The molecule has 2 heterocycles. The van der Waals surface area contributed by atoms with Gasteiger partial charge in [-0.3, -0.25) is 9.36 Å². The lowest BCUT2D eigenvalue weighted by Gasteiger charge is -2.19. The lowest BCUT2D eigenvalue weighted by atomic mass is 10.2. The zero-order valence-corrected chi connectivity index (χ0v) is 18.7. The van der Waals surface area contributed by atoms with E-state index in [1.807, 2.05) is 72.3 Å². The molecule has 32 heavy (non-hydrogen) atoms. The predicted octanol–water partition coefficient (Wildman–Crippen LogP) is 3.93. The van der Waals surface area contributed by atoms with Crippen molar-refractivity contribution in [3.8, 4) is 11.6 Å². The summed E-state index contributed by atoms with van der Waals surface area (Å²) in [6.07, 6.45) is 1.61. The second kappa shape index (κ2) is 10.7. The maximum atomic E-state index is 12.4. The summed E-state index contributed by atoms with van der Waals surface area (Å²) in [6.45, 7) is 1.89. The molecule has 1 amide bonds. The number of thioether (sulfide) groups is 1. The van der Waals surface area contributed by atoms with Gasteiger partial charge in [0, 0.05) is 25.8 Å². The predicted molar refractivity (Wildman–Crippen MR) is 127 cm³/mol. The number of aromatic nitrogens is 3. The maximum Gasteiger partial charge on any atom is 0.230 e. The minimum atomic E-state index is -0.0368. The second-order valence-corrected chi connectivity index (χ2v) is 8.19. The molecule has 0 radical (unpaired) electrons. The van der Waals surface area contributed by atoms with E-state index < -0.39 is 0 Å². The number of rotatable bonds is 10. The molecule has 0 saturated carbocycles. The molecule has 0 aliphatic carbocycles. The van der Waals surface area contributed by atoms with Crippen LogP contribution in [0.4, 0.5) is 5.69 Å². The van der Waals surface area contributed by atoms with E-state index >= 15 is 0 Å². The third-order valence-corrected chi connectivity index (χ3v) is 5.91. The highest BCUT2D eigenvalue weighted by Gasteiger charge is 2.17. The molecule has 4 aromatic rings. The van der Waals surface area contributed by atoms with Gasteiger partial charge in [-0.2, -0.15) is 0 Å². The van der Waals surface area contributed by atoms with Crippen molar-refractivity contribution in [2.75, 3.05) is 30.8 Å². The Balaban J connectivity index is 1.35. The first-order valence-electron chi connectivity index (χ1n) is 10.4. The summed E-state index contributed by atoms with van der Waals surface area (Å²) in [7, 11) is 2.01. The number of amides is 1. The highest BCUT2D eigenvalue weighted by atomic mass is 32.2. The number of carbonyl (C=O) groups is 1. The van der Waals surface area contributed by atoms with E-state index in [2.05, 4.69) is 32.5 Å². The summed E-state index contributed by atoms with van der Waals surface area (Å²) in [5.41, 5.74) is 2.24. The van der Waals surface area contributed by atoms with Crippen LogP contribution < -0.4 is 10.2 Å². The number of furan rings is 1. The summed E-state index contributed by atoms with van der Waals surface area (Å²) in [5.74, 6) is 1.52. The summed E-state index contributed by atoms with van der Waals surface area (Å²) >= 11 is 1.37. The molecule has 0 bridgehead atoms. The molecule has 1 N–H and O–H groups in total. The van der Waals surface area contributed by atoms with Gasteiger partial charge in [-0.1, -0.05) is 60.3 Å². The van der Waals surface area contributed by atoms with Crippen molar-refractivity contribution < 1.29 is 9.21 Å². The van der Waals surface area contributed by atoms with Crippen LogP contribution >= 0.6 is 11.8 Å². The lowest BCUT2D eigenvalue weighted by molar-refractivity contribution is -0.118. The summed E-state index contributed by atoms with van der Waals surface area (Å²) < 4.78 is 7.51. The normalized spacial score (nSPS) is 10.8. The van der Waals surface area contributed by atoms with E-state index in [-0.39, 0.29) is 11.7 Å². The Hall–Kier alpha value is -3.52. The molecule has 2 aromatic carbocycles. The molecule has 2 aromatic heterocycles. The van der Waals surface area contributed by atoms with Crippen LogP contribution in [0.15, 0.2) is 88.6 Å². The number of benzene rings is 2. The number of para-hydroxylation sites is 1. The van der Waals surface area contributed by atoms with Gasteiger partial charge in [-0.15, -0.1) is 10.2 Å². The van der Waals surface area contributed by atoms with E-state index in [1.54, 1.807) is 6.26 Å². The van der Waals surface area contributed by atoms with E-state index in [9.17, 15) is 4.79 Å². The summed E-state index contributed by atoms with van der Waals surface area (Å²) in [4.78, 5) is 14.5. The van der Waals surface area contributed by atoms with Crippen LogP contribution in [-0.2, 0) is 11.3 Å². The molecule has 164 valence electrons. The van der Waals surface area contributed by atoms with Crippen molar-refractivity contribution in [1.29, 1.82) is 0 Å². The Bertz CT molecular complexity index is 1110. The minimum absolute atomic E-state index is 0.0368. The molecule has 0 spiro atoms. The third kappa shape index (κ3) is 5.59. The highest BCUT2D eigenvalue weighted by Crippen LogP contribution is 2.25. The Morgan fingerprint density at radius 1 is 1.03 bits per heavy atom. The largest absolute Gasteiger partial charge is 0.461 e. The fraction of sp³-hybridized carbons (Fsp3) is 0.208. The monoisotopic (exact) mass is 447 g/mol. The average molecular weight is 448 g/mol. The first-order chi connectivity index (χ1) is 15.7. The van der Waals surface area contributed by atoms with Crippen LogP contribution in [0.1, 0.15) is 5.56 Å². The maximum absolute atomic E-state index is 12.4. The average Bonchev–Trinajstić information content (AvgIpc) is 3.49. The van der Waals surface area contributed by atoms with Crippen LogP contribution in [0.3, 0.4) is 0 Å². The number of nitrogens with zero attached hydrogens (tertiary/aromatic N) is 4. The molecule has 0 aliphatic rings. The fourth-order valence-corrected chi connectivity index (χ4v) is 4.02. The van der Waals surface area contributed by atoms with Crippen molar-refractivity contribution in [3.63, 3.8) is 0 Å². The second-order valence-electron chi connectivity index (χ2n) is 7.25. The van der Waals surface area contributed by atoms with E-state index in [0.717, 1.165) is 17.8 Å². The number of carbonyl (C=O) groups excluding carboxylic acids is 1. The van der Waals surface area contributed by atoms with E-state index in [4.69, 9.17) is 4.42 Å². The van der Waals surface area contributed by atoms with Gasteiger partial charge in [0.1, 0.15) is 0 Å². The van der Waals surface area contributed by atoms with Crippen molar-refractivity contribution >= 4 is 23.4 Å². The minimum Gasteiger partial charge on any atom is -0.461 e. The first kappa shape index (κ1) is 21.7. The first-order valence-corrected chi connectivity index (χ1v) is 11.4. The molecular weight excluding hydrogens is 422 g/mol. The quantitative estimate of drug-likeness (QED) is 0.371. The molecule has 4 rings (SSSR count). The van der Waals surface area contributed by atoms with Gasteiger partial charge in [0.15, 0.2) is 10.9 Å². The highest BCUT2D eigenvalue weighted by molar-refractivity contribution is 7.99. The molecular formula is C24H25N5O2S. The number of anilines is 1. The van der Waals surface area contributed by atoms with Crippen LogP contribution in [-0.4, -0.2) is 46.6 Å². The van der Waals surface area contributed by atoms with Crippen LogP contribution in [0.5, 0.6) is 0 Å². The lowest BCUT2D eigenvalue weighted by Crippen LogP contribution is -2.33. The Morgan fingerprint density at radius 3 is 2.50 bits per heavy atom. The van der Waals surface area contributed by atoms with E-state index in [1.165, 1.54) is 11.8 Å². The van der Waals surface area contributed by atoms with Gasteiger partial charge < -0.3 is 14.6 Å². The van der Waals surface area contributed by atoms with Gasteiger partial charge in [0.2, 0.25) is 11.7 Å². The van der Waals surface area contributed by atoms with Gasteiger partial charge in [0.25, 0.3) is 0 Å². The standard InChI is InChI=1S/C24H25N5O2S/c1-28(20-11-6-3-7-12-20)15-14-25-22(30)18-32-24-27-26-23(21-13-8-16-31-21)29(24)17-19-9-4-2-5-10-19/h2-13,16H,14-15,17-18H2,1H3,(H,25,30). The zero-order valence-electron chi connectivity index (χ0n) is 17.8. The number of nitrogens with one attached hydrogen (secondary N) is 1. The van der Waals surface area contributed by atoms with Crippen molar-refractivity contribution in [3.05, 3.63) is 84.6 Å². The third-order valence-electron chi connectivity index (χ3n) is 4.94. The van der Waals surface area contributed by atoms with Gasteiger partial charge in [-0.05, 0) is 29.8 Å². The molecule has 0 saturated heterocycles.